The third-order valence-corrected chi connectivity index (χ3v) is 10.4. The minimum Gasteiger partial charge on any atom is -0.505 e. The van der Waals surface area contributed by atoms with Gasteiger partial charge in [0.25, 0.3) is 0 Å². The van der Waals surface area contributed by atoms with Crippen molar-refractivity contribution in [3.05, 3.63) is 99.4 Å². The molecule has 1 N–H and O–H groups in total. The lowest BCUT2D eigenvalue weighted by atomic mass is 9.51. The smallest absolute Gasteiger partial charge is 0.241 e. The summed E-state index contributed by atoms with van der Waals surface area (Å²) >= 11 is 2.16. The van der Waals surface area contributed by atoms with Crippen molar-refractivity contribution in [2.45, 2.75) is 25.7 Å². The van der Waals surface area contributed by atoms with Crippen LogP contribution in [0.15, 0.2) is 84.4 Å². The van der Waals surface area contributed by atoms with Crippen LogP contribution in [0.5, 0.6) is 5.75 Å². The molecule has 9 heteroatoms. The first-order valence-electron chi connectivity index (χ1n) is 13.9. The number of carbonyl (C=O) groups is 4. The third-order valence-electron chi connectivity index (χ3n) is 9.68. The lowest BCUT2D eigenvalue weighted by Crippen LogP contribution is -2.48. The van der Waals surface area contributed by atoms with Crippen LogP contribution in [0.1, 0.15) is 31.2 Å². The second kappa shape index (κ2) is 9.58. The summed E-state index contributed by atoms with van der Waals surface area (Å²) < 4.78 is 15.8. The van der Waals surface area contributed by atoms with Gasteiger partial charge in [-0.25, -0.2) is 9.29 Å². The molecule has 0 radical (unpaired) electrons. The fraction of sp³-hybridized carbons (Fsp3) is 0.273. The molecule has 2 heterocycles. The van der Waals surface area contributed by atoms with Gasteiger partial charge in [0.2, 0.25) is 23.6 Å². The van der Waals surface area contributed by atoms with Crippen molar-refractivity contribution in [2.75, 3.05) is 9.80 Å². The van der Waals surface area contributed by atoms with E-state index in [-0.39, 0.29) is 24.1 Å². The summed E-state index contributed by atoms with van der Waals surface area (Å²) in [5.74, 6) is -6.05. The lowest BCUT2D eigenvalue weighted by Gasteiger charge is -2.49. The molecule has 6 unspecified atom stereocenters. The van der Waals surface area contributed by atoms with E-state index in [4.69, 9.17) is 0 Å². The number of anilines is 2. The summed E-state index contributed by atoms with van der Waals surface area (Å²) in [6.07, 6.45) is 2.44. The van der Waals surface area contributed by atoms with Crippen LogP contribution in [-0.4, -0.2) is 28.7 Å². The van der Waals surface area contributed by atoms with Gasteiger partial charge in [-0.05, 0) is 102 Å². The fourth-order valence-electron chi connectivity index (χ4n) is 7.77. The van der Waals surface area contributed by atoms with Gasteiger partial charge in [0, 0.05) is 9.49 Å². The molecule has 212 valence electrons. The first kappa shape index (κ1) is 27.0. The monoisotopic (exact) mass is 676 g/mol. The lowest BCUT2D eigenvalue weighted by molar-refractivity contribution is -0.131. The number of allylic oxidation sites excluding steroid dienone is 2. The molecular formula is C33H26FIN2O5. The molecule has 6 atom stereocenters. The van der Waals surface area contributed by atoms with Gasteiger partial charge in [0.05, 0.1) is 34.5 Å². The van der Waals surface area contributed by atoms with Crippen LogP contribution >= 0.6 is 22.6 Å². The SMILES string of the molecule is CC12C(=O)N(c3ccccc3)C(=O)C1CC1C(=CCC3C(=O)N(c4ccc(I)cc4)C(=O)C31)C2c1ccc(O)c(F)c1. The molecule has 0 spiro atoms. The number of hydrogen-bond donors (Lipinski definition) is 1. The highest BCUT2D eigenvalue weighted by molar-refractivity contribution is 14.1. The van der Waals surface area contributed by atoms with Crippen molar-refractivity contribution in [3.8, 4) is 5.75 Å². The van der Waals surface area contributed by atoms with Gasteiger partial charge in [-0.3, -0.25) is 24.1 Å². The molecule has 3 aromatic carbocycles. The molecule has 7 nitrogen and oxygen atoms in total. The maximum atomic E-state index is 14.8. The molecular weight excluding hydrogens is 650 g/mol. The molecule has 7 rings (SSSR count). The summed E-state index contributed by atoms with van der Waals surface area (Å²) in [4.78, 5) is 58.6. The molecule has 2 aliphatic carbocycles. The molecule has 4 aliphatic rings. The number of amides is 4. The number of phenols is 1. The summed E-state index contributed by atoms with van der Waals surface area (Å²) in [6.45, 7) is 1.75. The summed E-state index contributed by atoms with van der Waals surface area (Å²) in [5.41, 5.74) is 0.885. The van der Waals surface area contributed by atoms with Crippen LogP contribution in [0, 0.1) is 38.5 Å². The number of phenolic OH excluding ortho intramolecular Hbond substituents is 1. The quantitative estimate of drug-likeness (QED) is 0.223. The van der Waals surface area contributed by atoms with Crippen molar-refractivity contribution >= 4 is 57.6 Å². The van der Waals surface area contributed by atoms with E-state index in [1.807, 2.05) is 18.2 Å². The van der Waals surface area contributed by atoms with Crippen molar-refractivity contribution in [3.63, 3.8) is 0 Å². The van der Waals surface area contributed by atoms with E-state index < -0.39 is 52.5 Å². The predicted octanol–water partition coefficient (Wildman–Crippen LogP) is 5.57. The molecule has 1 saturated carbocycles. The van der Waals surface area contributed by atoms with Gasteiger partial charge >= 0.3 is 0 Å². The Hall–Kier alpha value is -3.86. The molecule has 2 saturated heterocycles. The van der Waals surface area contributed by atoms with Crippen molar-refractivity contribution in [1.82, 2.24) is 0 Å². The zero-order valence-electron chi connectivity index (χ0n) is 22.5. The van der Waals surface area contributed by atoms with Crippen molar-refractivity contribution < 1.29 is 28.7 Å². The molecule has 2 aliphatic heterocycles. The Bertz CT molecular complexity index is 1710. The van der Waals surface area contributed by atoms with Crippen LogP contribution < -0.4 is 9.80 Å². The molecule has 0 bridgehead atoms. The average molecular weight is 676 g/mol. The van der Waals surface area contributed by atoms with Gasteiger partial charge in [-0.15, -0.1) is 0 Å². The summed E-state index contributed by atoms with van der Waals surface area (Å²) in [5, 5.41) is 9.95. The number of rotatable bonds is 3. The Morgan fingerprint density at radius 1 is 0.857 bits per heavy atom. The van der Waals surface area contributed by atoms with E-state index in [2.05, 4.69) is 22.6 Å². The first-order valence-corrected chi connectivity index (χ1v) is 15.0. The van der Waals surface area contributed by atoms with E-state index in [0.717, 1.165) is 9.14 Å². The summed E-state index contributed by atoms with van der Waals surface area (Å²) in [6, 6.07) is 19.9. The molecule has 42 heavy (non-hydrogen) atoms. The highest BCUT2D eigenvalue weighted by Gasteiger charge is 2.67. The highest BCUT2D eigenvalue weighted by Crippen LogP contribution is 2.63. The average Bonchev–Trinajstić information content (AvgIpc) is 3.35. The van der Waals surface area contributed by atoms with Crippen molar-refractivity contribution in [2.24, 2.45) is 29.1 Å². The summed E-state index contributed by atoms with van der Waals surface area (Å²) in [7, 11) is 0. The van der Waals surface area contributed by atoms with Gasteiger partial charge < -0.3 is 5.11 Å². The number of fused-ring (bicyclic) bond motifs is 4. The number of imide groups is 2. The number of nitrogens with zero attached hydrogens (tertiary/aromatic N) is 2. The molecule has 3 fully saturated rings. The highest BCUT2D eigenvalue weighted by atomic mass is 127. The van der Waals surface area contributed by atoms with Gasteiger partial charge in [-0.2, -0.15) is 0 Å². The minimum atomic E-state index is -1.27. The topological polar surface area (TPSA) is 95.0 Å². The fourth-order valence-corrected chi connectivity index (χ4v) is 8.13. The molecule has 3 aromatic rings. The maximum absolute atomic E-state index is 14.8. The predicted molar refractivity (Wildman–Crippen MR) is 161 cm³/mol. The first-order chi connectivity index (χ1) is 20.1. The number of hydrogen-bond acceptors (Lipinski definition) is 5. The second-order valence-electron chi connectivity index (χ2n) is 11.7. The van der Waals surface area contributed by atoms with Crippen molar-refractivity contribution in [1.29, 1.82) is 0 Å². The number of para-hydroxylation sites is 1. The second-order valence-corrected chi connectivity index (χ2v) is 12.9. The maximum Gasteiger partial charge on any atom is 0.241 e. The Kier molecular flexibility index (Phi) is 6.16. The Morgan fingerprint density at radius 2 is 1.55 bits per heavy atom. The van der Waals surface area contributed by atoms with Gasteiger partial charge in [0.1, 0.15) is 0 Å². The van der Waals surface area contributed by atoms with Crippen LogP contribution in [0.3, 0.4) is 0 Å². The number of aromatic hydroxyl groups is 1. The van der Waals surface area contributed by atoms with E-state index in [0.29, 0.717) is 23.4 Å². The van der Waals surface area contributed by atoms with E-state index in [1.165, 1.54) is 21.9 Å². The van der Waals surface area contributed by atoms with Crippen LogP contribution in [-0.2, 0) is 19.2 Å². The van der Waals surface area contributed by atoms with Crippen LogP contribution in [0.4, 0.5) is 15.8 Å². The number of benzene rings is 3. The van der Waals surface area contributed by atoms with Gasteiger partial charge in [0.15, 0.2) is 11.6 Å². The zero-order chi connectivity index (χ0) is 29.5. The molecule has 0 aromatic heterocycles. The zero-order valence-corrected chi connectivity index (χ0v) is 24.7. The van der Waals surface area contributed by atoms with Crippen LogP contribution in [0.2, 0.25) is 0 Å². The molecule has 4 amide bonds. The van der Waals surface area contributed by atoms with Crippen LogP contribution in [0.25, 0.3) is 0 Å². The van der Waals surface area contributed by atoms with E-state index in [9.17, 15) is 28.7 Å². The largest absolute Gasteiger partial charge is 0.505 e. The van der Waals surface area contributed by atoms with E-state index >= 15 is 0 Å². The Balaban J connectivity index is 1.37. The van der Waals surface area contributed by atoms with E-state index in [1.54, 1.807) is 55.5 Å². The Morgan fingerprint density at radius 3 is 2.24 bits per heavy atom. The van der Waals surface area contributed by atoms with Gasteiger partial charge in [-0.1, -0.05) is 35.9 Å². The minimum absolute atomic E-state index is 0.216. The Labute approximate surface area is 255 Å². The normalized spacial score (nSPS) is 30.3. The number of halogens is 2. The third kappa shape index (κ3) is 3.68. The number of carbonyl (C=O) groups excluding carboxylic acids is 4. The standard InChI is InChI=1S/C33H26FIN2O5/c1-33-24(30(40)37(32(33)42)19-5-3-2-4-6-19)16-23-21(28(33)17-7-14-26(38)25(34)15-17)12-13-22-27(23)31(41)36(29(22)39)20-10-8-18(35)9-11-20/h2-12,14-15,22-24,27-28,38H,13,16H2,1H3.